The van der Waals surface area contributed by atoms with Crippen molar-refractivity contribution >= 4 is 44.9 Å². The van der Waals surface area contributed by atoms with Crippen LogP contribution in [-0.4, -0.2) is 34.1 Å². The fourth-order valence-electron chi connectivity index (χ4n) is 3.41. The molecule has 32 heavy (non-hydrogen) atoms. The van der Waals surface area contributed by atoms with E-state index < -0.39 is 16.0 Å². The number of hydrogen-bond donors (Lipinski definition) is 0. The van der Waals surface area contributed by atoms with Crippen LogP contribution in [0.4, 0.5) is 5.69 Å². The Kier molecular flexibility index (Phi) is 6.60. The summed E-state index contributed by atoms with van der Waals surface area (Å²) < 4.78 is 38.6. The Balaban J connectivity index is 1.45. The van der Waals surface area contributed by atoms with E-state index in [4.69, 9.17) is 32.7 Å². The largest absolute Gasteiger partial charge is 0.490 e. The number of carbonyl (C=O) groups is 1. The van der Waals surface area contributed by atoms with Gasteiger partial charge in [0.05, 0.1) is 16.3 Å². The summed E-state index contributed by atoms with van der Waals surface area (Å²) >= 11 is 12.0. The van der Waals surface area contributed by atoms with Gasteiger partial charge in [0.25, 0.3) is 10.0 Å². The molecule has 9 heteroatoms. The highest BCUT2D eigenvalue weighted by Gasteiger charge is 2.32. The Labute approximate surface area is 196 Å². The summed E-state index contributed by atoms with van der Waals surface area (Å²) in [5.41, 5.74) is 1.66. The van der Waals surface area contributed by atoms with Gasteiger partial charge in [-0.1, -0.05) is 41.4 Å². The lowest BCUT2D eigenvalue weighted by atomic mass is 10.2. The Bertz CT molecular complexity index is 1250. The van der Waals surface area contributed by atoms with E-state index in [-0.39, 0.29) is 28.7 Å². The predicted molar refractivity (Wildman–Crippen MR) is 123 cm³/mol. The normalized spacial score (nSPS) is 13.0. The molecule has 0 radical (unpaired) electrons. The van der Waals surface area contributed by atoms with Crippen LogP contribution < -0.4 is 9.04 Å². The molecule has 1 aliphatic heterocycles. The number of nitrogens with zero attached hydrogens (tertiary/aromatic N) is 1. The van der Waals surface area contributed by atoms with Crippen molar-refractivity contribution in [2.45, 2.75) is 11.3 Å². The number of sulfonamides is 1. The van der Waals surface area contributed by atoms with Crippen LogP contribution in [0.5, 0.6) is 5.75 Å². The highest BCUT2D eigenvalue weighted by atomic mass is 35.5. The summed E-state index contributed by atoms with van der Waals surface area (Å²) in [7, 11) is -3.95. The molecule has 166 valence electrons. The molecule has 0 saturated carbocycles. The number of fused-ring (bicyclic) bond motifs is 1. The van der Waals surface area contributed by atoms with E-state index >= 15 is 0 Å². The van der Waals surface area contributed by atoms with Gasteiger partial charge in [0.2, 0.25) is 0 Å². The van der Waals surface area contributed by atoms with Crippen LogP contribution in [0.3, 0.4) is 0 Å². The lowest BCUT2D eigenvalue weighted by Gasteiger charge is -2.20. The van der Waals surface area contributed by atoms with Gasteiger partial charge in [-0.05, 0) is 60.5 Å². The average Bonchev–Trinajstić information content (AvgIpc) is 3.23. The van der Waals surface area contributed by atoms with Crippen molar-refractivity contribution in [3.8, 4) is 5.75 Å². The maximum absolute atomic E-state index is 13.3. The third-order valence-corrected chi connectivity index (χ3v) is 7.53. The number of esters is 1. The highest BCUT2D eigenvalue weighted by molar-refractivity contribution is 7.93. The van der Waals surface area contributed by atoms with Gasteiger partial charge < -0.3 is 9.47 Å². The second-order valence-electron chi connectivity index (χ2n) is 7.04. The number of para-hydroxylation sites is 1. The van der Waals surface area contributed by atoms with E-state index in [2.05, 4.69) is 0 Å². The smallest absolute Gasteiger partial charge is 0.338 e. The van der Waals surface area contributed by atoms with E-state index in [9.17, 15) is 13.2 Å². The fourth-order valence-corrected chi connectivity index (χ4v) is 5.54. The maximum Gasteiger partial charge on any atom is 0.338 e. The molecule has 0 fully saturated rings. The molecule has 0 aromatic heterocycles. The molecular formula is C23H19Cl2NO5S. The number of rotatable bonds is 7. The maximum atomic E-state index is 13.3. The Morgan fingerprint density at radius 1 is 0.969 bits per heavy atom. The molecule has 1 heterocycles. The third kappa shape index (κ3) is 4.70. The van der Waals surface area contributed by atoms with Gasteiger partial charge in [-0.3, -0.25) is 4.31 Å². The van der Waals surface area contributed by atoms with Crippen molar-refractivity contribution in [3.05, 3.63) is 87.9 Å². The topological polar surface area (TPSA) is 72.9 Å². The van der Waals surface area contributed by atoms with Crippen molar-refractivity contribution in [1.82, 2.24) is 0 Å². The number of halogens is 2. The van der Waals surface area contributed by atoms with E-state index in [1.165, 1.54) is 22.5 Å². The second kappa shape index (κ2) is 9.40. The average molecular weight is 492 g/mol. The molecule has 4 rings (SSSR count). The minimum Gasteiger partial charge on any atom is -0.490 e. The molecule has 0 aliphatic carbocycles. The summed E-state index contributed by atoms with van der Waals surface area (Å²) in [6.45, 7) is 0.442. The van der Waals surface area contributed by atoms with Crippen LogP contribution in [0, 0.1) is 0 Å². The zero-order valence-electron chi connectivity index (χ0n) is 16.8. The second-order valence-corrected chi connectivity index (χ2v) is 9.71. The molecular weight excluding hydrogens is 473 g/mol. The number of carbonyl (C=O) groups excluding carboxylic acids is 1. The summed E-state index contributed by atoms with van der Waals surface area (Å²) in [6, 6.07) is 18.2. The molecule has 0 unspecified atom stereocenters. The SMILES string of the molecule is O=C(OCCOc1ccc(Cl)cc1)c1ccc(Cl)c(S(=O)(=O)N2CCc3ccccc32)c1. The van der Waals surface area contributed by atoms with Crippen molar-refractivity contribution < 1.29 is 22.7 Å². The molecule has 0 saturated heterocycles. The van der Waals surface area contributed by atoms with Gasteiger partial charge >= 0.3 is 5.97 Å². The number of anilines is 1. The van der Waals surface area contributed by atoms with Gasteiger partial charge in [0, 0.05) is 11.6 Å². The molecule has 6 nitrogen and oxygen atoms in total. The molecule has 0 N–H and O–H groups in total. The zero-order chi connectivity index (χ0) is 22.7. The van der Waals surface area contributed by atoms with Crippen LogP contribution in [0.2, 0.25) is 10.0 Å². The first-order valence-corrected chi connectivity index (χ1v) is 12.0. The molecule has 0 amide bonds. The van der Waals surface area contributed by atoms with Gasteiger partial charge in [-0.15, -0.1) is 0 Å². The van der Waals surface area contributed by atoms with Crippen molar-refractivity contribution in [2.24, 2.45) is 0 Å². The first-order valence-electron chi connectivity index (χ1n) is 9.82. The molecule has 3 aromatic rings. The molecule has 0 atom stereocenters. The number of ether oxygens (including phenoxy) is 2. The zero-order valence-corrected chi connectivity index (χ0v) is 19.2. The number of benzene rings is 3. The van der Waals surface area contributed by atoms with Crippen molar-refractivity contribution in [1.29, 1.82) is 0 Å². The fraction of sp³-hybridized carbons (Fsp3) is 0.174. The standard InChI is InChI=1S/C23H19Cl2NO5S/c24-18-6-8-19(9-7-18)30-13-14-31-23(27)17-5-10-20(25)22(15-17)32(28,29)26-12-11-16-3-1-2-4-21(16)26/h1-10,15H,11-14H2. The van der Waals surface area contributed by atoms with Crippen LogP contribution in [-0.2, 0) is 21.2 Å². The Morgan fingerprint density at radius 3 is 2.50 bits per heavy atom. The Morgan fingerprint density at radius 2 is 1.72 bits per heavy atom. The van der Waals surface area contributed by atoms with Crippen molar-refractivity contribution in [3.63, 3.8) is 0 Å². The summed E-state index contributed by atoms with van der Waals surface area (Å²) in [5.74, 6) is -0.0733. The first-order chi connectivity index (χ1) is 15.4. The summed E-state index contributed by atoms with van der Waals surface area (Å²) in [6.07, 6.45) is 0.613. The first kappa shape index (κ1) is 22.5. The van der Waals surface area contributed by atoms with Crippen LogP contribution in [0.15, 0.2) is 71.6 Å². The van der Waals surface area contributed by atoms with Gasteiger partial charge in [-0.25, -0.2) is 13.2 Å². The van der Waals surface area contributed by atoms with Crippen LogP contribution >= 0.6 is 23.2 Å². The Hall–Kier alpha value is -2.74. The van der Waals surface area contributed by atoms with E-state index in [0.29, 0.717) is 29.4 Å². The van der Waals surface area contributed by atoms with E-state index in [0.717, 1.165) is 5.56 Å². The monoisotopic (exact) mass is 491 g/mol. The molecule has 3 aromatic carbocycles. The highest BCUT2D eigenvalue weighted by Crippen LogP contribution is 2.35. The number of hydrogen-bond acceptors (Lipinski definition) is 5. The summed E-state index contributed by atoms with van der Waals surface area (Å²) in [5, 5.41) is 0.631. The van der Waals surface area contributed by atoms with Gasteiger partial charge in [0.1, 0.15) is 23.9 Å². The third-order valence-electron chi connectivity index (χ3n) is 4.98. The predicted octanol–water partition coefficient (Wildman–Crippen LogP) is 4.98. The van der Waals surface area contributed by atoms with Gasteiger partial charge in [0.15, 0.2) is 0 Å². The van der Waals surface area contributed by atoms with Crippen molar-refractivity contribution in [2.75, 3.05) is 24.1 Å². The quantitative estimate of drug-likeness (QED) is 0.344. The van der Waals surface area contributed by atoms with Gasteiger partial charge in [-0.2, -0.15) is 0 Å². The van der Waals surface area contributed by atoms with Crippen LogP contribution in [0.25, 0.3) is 0 Å². The van der Waals surface area contributed by atoms with Crippen LogP contribution in [0.1, 0.15) is 15.9 Å². The minimum atomic E-state index is -3.95. The minimum absolute atomic E-state index is 0.00826. The molecule has 1 aliphatic rings. The lowest BCUT2D eigenvalue weighted by Crippen LogP contribution is -2.29. The molecule has 0 spiro atoms. The lowest BCUT2D eigenvalue weighted by molar-refractivity contribution is 0.0450. The van der Waals surface area contributed by atoms with E-state index in [1.807, 2.05) is 12.1 Å². The summed E-state index contributed by atoms with van der Waals surface area (Å²) in [4.78, 5) is 12.3. The molecule has 0 bridgehead atoms. The van der Waals surface area contributed by atoms with E-state index in [1.54, 1.807) is 36.4 Å².